The van der Waals surface area contributed by atoms with Crippen LogP contribution in [0.4, 0.5) is 5.69 Å². The molecule has 0 saturated heterocycles. The summed E-state index contributed by atoms with van der Waals surface area (Å²) in [5, 5.41) is 6.20. The van der Waals surface area contributed by atoms with Gasteiger partial charge >= 0.3 is 0 Å². The van der Waals surface area contributed by atoms with Gasteiger partial charge in [0.25, 0.3) is 5.91 Å². The van der Waals surface area contributed by atoms with Crippen molar-refractivity contribution in [2.45, 2.75) is 13.8 Å². The normalized spacial score (nSPS) is 15.3. The molecule has 5 nitrogen and oxygen atoms in total. The van der Waals surface area contributed by atoms with Crippen molar-refractivity contribution in [2.75, 3.05) is 18.7 Å². The Morgan fingerprint density at radius 2 is 2.07 bits per heavy atom. The minimum Gasteiger partial charge on any atom is -0.491 e. The maximum atomic E-state index is 12.9. The molecule has 1 aliphatic rings. The zero-order chi connectivity index (χ0) is 19.6. The van der Waals surface area contributed by atoms with Gasteiger partial charge in [0.15, 0.2) is 11.5 Å². The van der Waals surface area contributed by atoms with Gasteiger partial charge < -0.3 is 9.47 Å². The molecular formula is C20H18BrClN2O3. The van der Waals surface area contributed by atoms with Crippen molar-refractivity contribution in [1.82, 2.24) is 0 Å². The lowest BCUT2D eigenvalue weighted by Gasteiger charge is -2.13. The third-order valence-corrected chi connectivity index (χ3v) is 4.74. The van der Waals surface area contributed by atoms with Crippen molar-refractivity contribution in [3.63, 3.8) is 0 Å². The second-order valence-electron chi connectivity index (χ2n) is 5.81. The number of carbonyl (C=O) groups excluding carboxylic acids is 1. The second kappa shape index (κ2) is 8.15. The molecule has 140 valence electrons. The zero-order valence-electron chi connectivity index (χ0n) is 15.1. The monoisotopic (exact) mass is 448 g/mol. The fourth-order valence-corrected chi connectivity index (χ4v) is 3.45. The Bertz CT molecular complexity index is 956. The summed E-state index contributed by atoms with van der Waals surface area (Å²) in [4.78, 5) is 12.9. The highest BCUT2D eigenvalue weighted by molar-refractivity contribution is 9.10. The number of hydrogen-bond acceptors (Lipinski definition) is 4. The smallest absolute Gasteiger partial charge is 0.280 e. The number of benzene rings is 2. The SMILES string of the molecule is CCOc1cc(/C=C2\C(=O)N(c3cccc(Br)c3)N=C2C)cc(Cl)c1OC. The van der Waals surface area contributed by atoms with Crippen LogP contribution in [-0.4, -0.2) is 25.3 Å². The molecule has 0 saturated carbocycles. The van der Waals surface area contributed by atoms with Gasteiger partial charge in [0.05, 0.1) is 35.7 Å². The Morgan fingerprint density at radius 1 is 1.30 bits per heavy atom. The lowest BCUT2D eigenvalue weighted by Crippen LogP contribution is -2.21. The summed E-state index contributed by atoms with van der Waals surface area (Å²) in [6, 6.07) is 11.0. The predicted octanol–water partition coefficient (Wildman–Crippen LogP) is 5.32. The van der Waals surface area contributed by atoms with E-state index in [1.165, 1.54) is 12.1 Å². The predicted molar refractivity (Wildman–Crippen MR) is 112 cm³/mol. The van der Waals surface area contributed by atoms with E-state index in [1.54, 1.807) is 25.1 Å². The number of halogens is 2. The average Bonchev–Trinajstić information content (AvgIpc) is 2.90. The molecule has 27 heavy (non-hydrogen) atoms. The Kier molecular flexibility index (Phi) is 5.87. The molecule has 2 aromatic rings. The van der Waals surface area contributed by atoms with Crippen LogP contribution in [0.15, 0.2) is 51.5 Å². The number of carbonyl (C=O) groups is 1. The van der Waals surface area contributed by atoms with Gasteiger partial charge in [-0.25, -0.2) is 0 Å². The van der Waals surface area contributed by atoms with Crippen molar-refractivity contribution in [1.29, 1.82) is 0 Å². The Labute approximate surface area is 171 Å². The van der Waals surface area contributed by atoms with Gasteiger partial charge in [0.1, 0.15) is 0 Å². The quantitative estimate of drug-likeness (QED) is 0.581. The third-order valence-electron chi connectivity index (χ3n) is 3.96. The van der Waals surface area contributed by atoms with Crippen molar-refractivity contribution in [3.05, 3.63) is 57.0 Å². The summed E-state index contributed by atoms with van der Waals surface area (Å²) in [6.07, 6.45) is 1.76. The van der Waals surface area contributed by atoms with E-state index >= 15 is 0 Å². The van der Waals surface area contributed by atoms with E-state index in [-0.39, 0.29) is 5.91 Å². The molecule has 0 unspecified atom stereocenters. The molecule has 0 aromatic heterocycles. The molecule has 1 amide bonds. The number of nitrogens with zero attached hydrogens (tertiary/aromatic N) is 2. The second-order valence-corrected chi connectivity index (χ2v) is 7.13. The molecule has 0 fully saturated rings. The summed E-state index contributed by atoms with van der Waals surface area (Å²) < 4.78 is 11.8. The number of anilines is 1. The van der Waals surface area contributed by atoms with Gasteiger partial charge in [-0.2, -0.15) is 10.1 Å². The first-order chi connectivity index (χ1) is 12.9. The van der Waals surface area contributed by atoms with Crippen molar-refractivity contribution in [3.8, 4) is 11.5 Å². The van der Waals surface area contributed by atoms with Crippen LogP contribution in [0.1, 0.15) is 19.4 Å². The molecular weight excluding hydrogens is 432 g/mol. The van der Waals surface area contributed by atoms with Gasteiger partial charge in [-0.3, -0.25) is 4.79 Å². The number of hydrogen-bond donors (Lipinski definition) is 0. The number of rotatable bonds is 5. The van der Waals surface area contributed by atoms with Crippen LogP contribution in [0, 0.1) is 0 Å². The van der Waals surface area contributed by atoms with Crippen molar-refractivity contribution < 1.29 is 14.3 Å². The standard InChI is InChI=1S/C20H18BrClN2O3/c1-4-27-18-10-13(9-17(22)19(18)26-3)8-16-12(2)23-24(20(16)25)15-7-5-6-14(21)11-15/h5-11H,4H2,1-3H3/b16-8-. The highest BCUT2D eigenvalue weighted by atomic mass is 79.9. The fraction of sp³-hybridized carbons (Fsp3) is 0.200. The topological polar surface area (TPSA) is 51.1 Å². The molecule has 0 aliphatic carbocycles. The van der Waals surface area contributed by atoms with Crippen LogP contribution in [0.3, 0.4) is 0 Å². The molecule has 0 spiro atoms. The van der Waals surface area contributed by atoms with Crippen LogP contribution in [0.25, 0.3) is 6.08 Å². The average molecular weight is 450 g/mol. The lowest BCUT2D eigenvalue weighted by atomic mass is 10.1. The van der Waals surface area contributed by atoms with Gasteiger partial charge in [0.2, 0.25) is 0 Å². The largest absolute Gasteiger partial charge is 0.491 e. The number of amides is 1. The van der Waals surface area contributed by atoms with Crippen LogP contribution in [0.2, 0.25) is 5.02 Å². The minimum atomic E-state index is -0.199. The molecule has 0 N–H and O–H groups in total. The fourth-order valence-electron chi connectivity index (χ4n) is 2.77. The molecule has 0 atom stereocenters. The first kappa shape index (κ1) is 19.5. The third kappa shape index (κ3) is 4.01. The van der Waals surface area contributed by atoms with E-state index < -0.39 is 0 Å². The summed E-state index contributed by atoms with van der Waals surface area (Å²) in [5.74, 6) is 0.804. The van der Waals surface area contributed by atoms with E-state index in [1.807, 2.05) is 31.2 Å². The van der Waals surface area contributed by atoms with E-state index in [2.05, 4.69) is 21.0 Å². The Hall–Kier alpha value is -2.31. The van der Waals surface area contributed by atoms with Gasteiger partial charge in [0, 0.05) is 4.47 Å². The van der Waals surface area contributed by atoms with Gasteiger partial charge in [-0.05, 0) is 55.8 Å². The molecule has 2 aromatic carbocycles. The van der Waals surface area contributed by atoms with E-state index in [4.69, 9.17) is 21.1 Å². The Morgan fingerprint density at radius 3 is 2.74 bits per heavy atom. The molecule has 0 radical (unpaired) electrons. The highest BCUT2D eigenvalue weighted by Crippen LogP contribution is 2.37. The van der Waals surface area contributed by atoms with E-state index in [0.29, 0.717) is 40.1 Å². The first-order valence-electron chi connectivity index (χ1n) is 8.32. The van der Waals surface area contributed by atoms with Crippen LogP contribution in [-0.2, 0) is 4.79 Å². The maximum Gasteiger partial charge on any atom is 0.280 e. The van der Waals surface area contributed by atoms with Gasteiger partial charge in [-0.15, -0.1) is 0 Å². The van der Waals surface area contributed by atoms with Gasteiger partial charge in [-0.1, -0.05) is 33.6 Å². The molecule has 1 heterocycles. The molecule has 3 rings (SSSR count). The first-order valence-corrected chi connectivity index (χ1v) is 9.49. The Balaban J connectivity index is 1.98. The zero-order valence-corrected chi connectivity index (χ0v) is 17.5. The number of ether oxygens (including phenoxy) is 2. The molecule has 0 bridgehead atoms. The molecule has 7 heteroatoms. The van der Waals surface area contributed by atoms with Crippen LogP contribution < -0.4 is 14.5 Å². The summed E-state index contributed by atoms with van der Waals surface area (Å²) >= 11 is 9.72. The number of methoxy groups -OCH3 is 1. The van der Waals surface area contributed by atoms with E-state index in [0.717, 1.165) is 10.0 Å². The summed E-state index contributed by atoms with van der Waals surface area (Å²) in [6.45, 7) is 4.16. The van der Waals surface area contributed by atoms with Crippen LogP contribution in [0.5, 0.6) is 11.5 Å². The van der Waals surface area contributed by atoms with Crippen molar-refractivity contribution >= 4 is 50.9 Å². The van der Waals surface area contributed by atoms with Crippen molar-refractivity contribution in [2.24, 2.45) is 5.10 Å². The highest BCUT2D eigenvalue weighted by Gasteiger charge is 2.29. The summed E-state index contributed by atoms with van der Waals surface area (Å²) in [5.41, 5.74) is 2.56. The minimum absolute atomic E-state index is 0.199. The van der Waals surface area contributed by atoms with E-state index in [9.17, 15) is 4.79 Å². The molecule has 1 aliphatic heterocycles. The maximum absolute atomic E-state index is 12.9. The number of hydrazone groups is 1. The summed E-state index contributed by atoms with van der Waals surface area (Å²) in [7, 11) is 1.54. The van der Waals surface area contributed by atoms with Crippen LogP contribution >= 0.6 is 27.5 Å². The lowest BCUT2D eigenvalue weighted by molar-refractivity contribution is -0.114.